The van der Waals surface area contributed by atoms with Crippen molar-refractivity contribution in [2.24, 2.45) is 0 Å². The lowest BCUT2D eigenvalue weighted by atomic mass is 10.1. The highest BCUT2D eigenvalue weighted by atomic mass is 32.2. The van der Waals surface area contributed by atoms with Gasteiger partial charge in [0.15, 0.2) is 0 Å². The zero-order valence-electron chi connectivity index (χ0n) is 12.4. The molecule has 1 aliphatic heterocycles. The quantitative estimate of drug-likeness (QED) is 0.846. The second kappa shape index (κ2) is 7.91. The van der Waals surface area contributed by atoms with E-state index in [2.05, 4.69) is 18.3 Å². The molecule has 1 fully saturated rings. The van der Waals surface area contributed by atoms with Crippen molar-refractivity contribution in [1.29, 1.82) is 0 Å². The molecule has 1 saturated heterocycles. The molecule has 20 heavy (non-hydrogen) atoms. The first kappa shape index (κ1) is 15.7. The van der Waals surface area contributed by atoms with Crippen LogP contribution in [-0.4, -0.2) is 41.9 Å². The Bertz CT molecular complexity index is 419. The van der Waals surface area contributed by atoms with E-state index in [0.717, 1.165) is 11.3 Å². The summed E-state index contributed by atoms with van der Waals surface area (Å²) in [7, 11) is 0. The summed E-state index contributed by atoms with van der Waals surface area (Å²) in [4.78, 5) is 0. The number of aryl methyl sites for hydroxylation is 2. The summed E-state index contributed by atoms with van der Waals surface area (Å²) in [5, 5.41) is 13.4. The third-order valence-corrected chi connectivity index (χ3v) is 4.67. The molecule has 0 spiro atoms. The van der Waals surface area contributed by atoms with Gasteiger partial charge >= 0.3 is 0 Å². The van der Waals surface area contributed by atoms with Gasteiger partial charge in [0.1, 0.15) is 18.5 Å². The summed E-state index contributed by atoms with van der Waals surface area (Å²) < 4.78 is 5.70. The van der Waals surface area contributed by atoms with E-state index in [1.165, 1.54) is 29.9 Å². The van der Waals surface area contributed by atoms with Crippen LogP contribution in [0.25, 0.3) is 0 Å². The van der Waals surface area contributed by atoms with Crippen LogP contribution >= 0.6 is 11.8 Å². The second-order valence-corrected chi connectivity index (χ2v) is 6.75. The third kappa shape index (κ3) is 5.00. The highest BCUT2D eigenvalue weighted by molar-refractivity contribution is 7.99. The Morgan fingerprint density at radius 3 is 2.80 bits per heavy atom. The van der Waals surface area contributed by atoms with Gasteiger partial charge in [-0.15, -0.1) is 0 Å². The molecule has 0 bridgehead atoms. The van der Waals surface area contributed by atoms with E-state index in [4.69, 9.17) is 4.74 Å². The molecule has 4 heteroatoms. The molecule has 2 N–H and O–H groups in total. The molecule has 1 heterocycles. The van der Waals surface area contributed by atoms with Crippen molar-refractivity contribution < 1.29 is 9.84 Å². The van der Waals surface area contributed by atoms with Gasteiger partial charge in [-0.05, 0) is 49.8 Å². The molecule has 1 unspecified atom stereocenters. The molecule has 2 rings (SSSR count). The van der Waals surface area contributed by atoms with Gasteiger partial charge in [-0.25, -0.2) is 0 Å². The maximum atomic E-state index is 9.99. The SMILES string of the molecule is Cc1ccc(OCC(O)CNC2CCSCC2)c(C)c1. The summed E-state index contributed by atoms with van der Waals surface area (Å²) in [6.07, 6.45) is 1.95. The molecule has 0 aliphatic carbocycles. The Morgan fingerprint density at radius 2 is 2.10 bits per heavy atom. The van der Waals surface area contributed by atoms with Crippen LogP contribution in [-0.2, 0) is 0 Å². The van der Waals surface area contributed by atoms with Crippen LogP contribution in [0.1, 0.15) is 24.0 Å². The predicted molar refractivity (Wildman–Crippen MR) is 85.8 cm³/mol. The Labute approximate surface area is 126 Å². The zero-order valence-corrected chi connectivity index (χ0v) is 13.2. The first-order valence-electron chi connectivity index (χ1n) is 7.34. The molecule has 112 valence electrons. The van der Waals surface area contributed by atoms with Crippen molar-refractivity contribution in [3.63, 3.8) is 0 Å². The Balaban J connectivity index is 1.70. The van der Waals surface area contributed by atoms with E-state index in [9.17, 15) is 5.11 Å². The third-order valence-electron chi connectivity index (χ3n) is 3.63. The molecule has 0 aromatic heterocycles. The van der Waals surface area contributed by atoms with Crippen molar-refractivity contribution in [3.05, 3.63) is 29.3 Å². The van der Waals surface area contributed by atoms with Crippen molar-refractivity contribution in [1.82, 2.24) is 5.32 Å². The fourth-order valence-electron chi connectivity index (χ4n) is 2.41. The van der Waals surface area contributed by atoms with Gasteiger partial charge < -0.3 is 15.2 Å². The minimum atomic E-state index is -0.453. The molecule has 3 nitrogen and oxygen atoms in total. The Kier molecular flexibility index (Phi) is 6.20. The first-order chi connectivity index (χ1) is 9.65. The highest BCUT2D eigenvalue weighted by Gasteiger charge is 2.15. The zero-order chi connectivity index (χ0) is 14.4. The standard InChI is InChI=1S/C16H25NO2S/c1-12-3-4-16(13(2)9-12)19-11-15(18)10-17-14-5-7-20-8-6-14/h3-4,9,14-15,17-18H,5-8,10-11H2,1-2H3. The van der Waals surface area contributed by atoms with Crippen molar-refractivity contribution in [2.75, 3.05) is 24.7 Å². The smallest absolute Gasteiger partial charge is 0.122 e. The van der Waals surface area contributed by atoms with Crippen LogP contribution in [0, 0.1) is 13.8 Å². The van der Waals surface area contributed by atoms with Crippen molar-refractivity contribution >= 4 is 11.8 Å². The lowest BCUT2D eigenvalue weighted by Crippen LogP contribution is -2.39. The number of aliphatic hydroxyl groups excluding tert-OH is 1. The van der Waals surface area contributed by atoms with Gasteiger partial charge in [-0.2, -0.15) is 11.8 Å². The number of thioether (sulfide) groups is 1. The van der Waals surface area contributed by atoms with E-state index >= 15 is 0 Å². The van der Waals surface area contributed by atoms with Gasteiger partial charge in [0, 0.05) is 12.6 Å². The van der Waals surface area contributed by atoms with Crippen LogP contribution in [0.5, 0.6) is 5.75 Å². The van der Waals surface area contributed by atoms with E-state index < -0.39 is 6.10 Å². The monoisotopic (exact) mass is 295 g/mol. The molecule has 0 amide bonds. The number of benzene rings is 1. The van der Waals surface area contributed by atoms with Crippen LogP contribution in [0.4, 0.5) is 0 Å². The van der Waals surface area contributed by atoms with Crippen molar-refractivity contribution in [3.8, 4) is 5.75 Å². The number of nitrogens with one attached hydrogen (secondary N) is 1. The molecule has 1 atom stereocenters. The fourth-order valence-corrected chi connectivity index (χ4v) is 3.52. The van der Waals surface area contributed by atoms with Crippen LogP contribution in [0.15, 0.2) is 18.2 Å². The fraction of sp³-hybridized carbons (Fsp3) is 0.625. The number of ether oxygens (including phenoxy) is 1. The topological polar surface area (TPSA) is 41.5 Å². The number of hydrogen-bond donors (Lipinski definition) is 2. The summed E-state index contributed by atoms with van der Waals surface area (Å²) in [5.74, 6) is 3.32. The highest BCUT2D eigenvalue weighted by Crippen LogP contribution is 2.19. The maximum Gasteiger partial charge on any atom is 0.122 e. The number of hydrogen-bond acceptors (Lipinski definition) is 4. The average molecular weight is 295 g/mol. The largest absolute Gasteiger partial charge is 0.491 e. The van der Waals surface area contributed by atoms with Gasteiger partial charge in [-0.1, -0.05) is 17.7 Å². The summed E-state index contributed by atoms with van der Waals surface area (Å²) >= 11 is 2.02. The lowest BCUT2D eigenvalue weighted by Gasteiger charge is -2.24. The second-order valence-electron chi connectivity index (χ2n) is 5.53. The molecule has 1 aromatic rings. The Morgan fingerprint density at radius 1 is 1.35 bits per heavy atom. The normalized spacial score (nSPS) is 17.9. The summed E-state index contributed by atoms with van der Waals surface area (Å²) in [6.45, 7) is 5.06. The van der Waals surface area contributed by atoms with E-state index in [1.807, 2.05) is 30.8 Å². The number of rotatable bonds is 6. The molecular weight excluding hydrogens is 270 g/mol. The molecule has 0 saturated carbocycles. The minimum absolute atomic E-state index is 0.346. The van der Waals surface area contributed by atoms with Crippen LogP contribution < -0.4 is 10.1 Å². The summed E-state index contributed by atoms with van der Waals surface area (Å²) in [6, 6.07) is 6.67. The van der Waals surface area contributed by atoms with E-state index in [0.29, 0.717) is 19.2 Å². The Hall–Kier alpha value is -0.710. The van der Waals surface area contributed by atoms with Gasteiger partial charge in [0.25, 0.3) is 0 Å². The molecule has 1 aliphatic rings. The predicted octanol–water partition coefficient (Wildman–Crippen LogP) is 2.53. The van der Waals surface area contributed by atoms with Gasteiger partial charge in [0.2, 0.25) is 0 Å². The van der Waals surface area contributed by atoms with E-state index in [1.54, 1.807) is 0 Å². The maximum absolute atomic E-state index is 9.99. The molecular formula is C16H25NO2S. The summed E-state index contributed by atoms with van der Waals surface area (Å²) in [5.41, 5.74) is 2.35. The van der Waals surface area contributed by atoms with Gasteiger partial charge in [-0.3, -0.25) is 0 Å². The minimum Gasteiger partial charge on any atom is -0.491 e. The number of aliphatic hydroxyl groups is 1. The van der Waals surface area contributed by atoms with Crippen LogP contribution in [0.2, 0.25) is 0 Å². The first-order valence-corrected chi connectivity index (χ1v) is 8.50. The molecule has 1 aromatic carbocycles. The average Bonchev–Trinajstić information content (AvgIpc) is 2.45. The van der Waals surface area contributed by atoms with E-state index in [-0.39, 0.29) is 0 Å². The van der Waals surface area contributed by atoms with Crippen LogP contribution in [0.3, 0.4) is 0 Å². The molecule has 0 radical (unpaired) electrons. The van der Waals surface area contributed by atoms with Gasteiger partial charge in [0.05, 0.1) is 0 Å². The van der Waals surface area contributed by atoms with Crippen molar-refractivity contribution in [2.45, 2.75) is 38.8 Å². The lowest BCUT2D eigenvalue weighted by molar-refractivity contribution is 0.103.